The molecule has 1 aromatic rings. The molecule has 0 radical (unpaired) electrons. The SMILES string of the molecule is CN(Nc1ncc(Cl)cn1)SOCCC(F)(F)F.S. The molecule has 0 saturated carbocycles. The maximum Gasteiger partial charge on any atom is 0.391 e. The van der Waals surface area contributed by atoms with Crippen molar-refractivity contribution < 1.29 is 17.4 Å². The molecule has 0 aliphatic carbocycles. The zero-order valence-electron chi connectivity index (χ0n) is 9.74. The number of rotatable bonds is 6. The minimum Gasteiger partial charge on any atom is -0.300 e. The Labute approximate surface area is 124 Å². The Hall–Kier alpha value is -0.420. The van der Waals surface area contributed by atoms with Crippen LogP contribution in [0, 0.1) is 0 Å². The van der Waals surface area contributed by atoms with Crippen molar-refractivity contribution in [3.05, 3.63) is 17.4 Å². The first kappa shape index (κ1) is 18.6. The Bertz CT molecular complexity index is 368. The molecular weight excluding hydrogens is 325 g/mol. The molecule has 0 aliphatic rings. The largest absolute Gasteiger partial charge is 0.391 e. The fraction of sp³-hybridized carbons (Fsp3) is 0.500. The van der Waals surface area contributed by atoms with Crippen molar-refractivity contribution in [3.63, 3.8) is 0 Å². The van der Waals surface area contributed by atoms with Gasteiger partial charge in [0.25, 0.3) is 0 Å². The van der Waals surface area contributed by atoms with Crippen molar-refractivity contribution in [2.24, 2.45) is 0 Å². The highest BCUT2D eigenvalue weighted by molar-refractivity contribution is 7.92. The zero-order chi connectivity index (χ0) is 13.6. The van der Waals surface area contributed by atoms with Crippen LogP contribution < -0.4 is 5.43 Å². The second kappa shape index (κ2) is 8.69. The molecule has 1 N–H and O–H groups in total. The maximum absolute atomic E-state index is 11.8. The molecule has 0 amide bonds. The van der Waals surface area contributed by atoms with E-state index in [2.05, 4.69) is 15.4 Å². The van der Waals surface area contributed by atoms with E-state index < -0.39 is 19.2 Å². The van der Waals surface area contributed by atoms with Gasteiger partial charge in [-0.25, -0.2) is 9.97 Å². The normalized spacial score (nSPS) is 11.3. The van der Waals surface area contributed by atoms with Crippen LogP contribution in [0.3, 0.4) is 0 Å². The van der Waals surface area contributed by atoms with E-state index in [1.165, 1.54) is 16.8 Å². The van der Waals surface area contributed by atoms with Gasteiger partial charge in [0.1, 0.15) is 12.2 Å². The number of nitrogens with zero attached hydrogens (tertiary/aromatic N) is 3. The molecular formula is C8H12ClF3N4OS2. The summed E-state index contributed by atoms with van der Waals surface area (Å²) >= 11 is 6.32. The molecule has 0 aliphatic heterocycles. The van der Waals surface area contributed by atoms with Crippen molar-refractivity contribution in [1.29, 1.82) is 0 Å². The van der Waals surface area contributed by atoms with Gasteiger partial charge in [-0.1, -0.05) is 11.6 Å². The molecule has 11 heteroatoms. The van der Waals surface area contributed by atoms with Gasteiger partial charge in [-0.3, -0.25) is 9.61 Å². The van der Waals surface area contributed by atoms with Gasteiger partial charge >= 0.3 is 6.18 Å². The number of alkyl halides is 3. The van der Waals surface area contributed by atoms with Crippen LogP contribution in [0.2, 0.25) is 5.02 Å². The van der Waals surface area contributed by atoms with E-state index in [1.54, 1.807) is 7.05 Å². The highest BCUT2D eigenvalue weighted by Crippen LogP contribution is 2.21. The summed E-state index contributed by atoms with van der Waals surface area (Å²) in [6.07, 6.45) is -2.43. The summed E-state index contributed by atoms with van der Waals surface area (Å²) in [5, 5.41) is 0.386. The lowest BCUT2D eigenvalue weighted by molar-refractivity contribution is -0.138. The summed E-state index contributed by atoms with van der Waals surface area (Å²) < 4.78 is 41.5. The van der Waals surface area contributed by atoms with Gasteiger partial charge in [0.15, 0.2) is 0 Å². The molecule has 19 heavy (non-hydrogen) atoms. The van der Waals surface area contributed by atoms with Gasteiger partial charge in [-0.05, 0) is 0 Å². The van der Waals surface area contributed by atoms with E-state index >= 15 is 0 Å². The lowest BCUT2D eigenvalue weighted by atomic mass is 10.5. The van der Waals surface area contributed by atoms with Crippen LogP contribution in [0.4, 0.5) is 19.1 Å². The lowest BCUT2D eigenvalue weighted by Crippen LogP contribution is -2.20. The Kier molecular flexibility index (Phi) is 8.50. The number of anilines is 1. The van der Waals surface area contributed by atoms with Crippen LogP contribution in [0.1, 0.15) is 6.42 Å². The third-order valence-corrected chi connectivity index (χ3v) is 2.29. The first-order valence-electron chi connectivity index (χ1n) is 4.71. The smallest absolute Gasteiger partial charge is 0.300 e. The molecule has 110 valence electrons. The Morgan fingerprint density at radius 1 is 1.42 bits per heavy atom. The van der Waals surface area contributed by atoms with Crippen molar-refractivity contribution in [3.8, 4) is 0 Å². The van der Waals surface area contributed by atoms with Crippen molar-refractivity contribution in [2.75, 3.05) is 19.1 Å². The average Bonchev–Trinajstić information content (AvgIpc) is 2.26. The number of nitrogens with one attached hydrogen (secondary N) is 1. The van der Waals surface area contributed by atoms with Crippen LogP contribution >= 0.6 is 37.3 Å². The third kappa shape index (κ3) is 9.16. The summed E-state index contributed by atoms with van der Waals surface area (Å²) in [6, 6.07) is 0. The third-order valence-electron chi connectivity index (χ3n) is 1.51. The molecule has 0 aromatic carbocycles. The molecule has 0 atom stereocenters. The Morgan fingerprint density at radius 3 is 2.53 bits per heavy atom. The van der Waals surface area contributed by atoms with E-state index in [0.717, 1.165) is 12.2 Å². The second-order valence-electron chi connectivity index (χ2n) is 3.10. The first-order valence-corrected chi connectivity index (χ1v) is 5.79. The van der Waals surface area contributed by atoms with Crippen LogP contribution in [0.25, 0.3) is 0 Å². The quantitative estimate of drug-likeness (QED) is 0.373. The van der Waals surface area contributed by atoms with E-state index in [4.69, 9.17) is 15.8 Å². The number of halogens is 4. The summed E-state index contributed by atoms with van der Waals surface area (Å²) in [4.78, 5) is 7.68. The van der Waals surface area contributed by atoms with Crippen LogP contribution in [-0.4, -0.2) is 34.2 Å². The van der Waals surface area contributed by atoms with Gasteiger partial charge in [0, 0.05) is 7.05 Å². The molecule has 0 saturated heterocycles. The van der Waals surface area contributed by atoms with Crippen molar-refractivity contribution in [2.45, 2.75) is 12.6 Å². The van der Waals surface area contributed by atoms with E-state index in [1.807, 2.05) is 0 Å². The van der Waals surface area contributed by atoms with Gasteiger partial charge in [0.2, 0.25) is 5.95 Å². The van der Waals surface area contributed by atoms with Gasteiger partial charge in [-0.2, -0.15) is 26.7 Å². The fourth-order valence-corrected chi connectivity index (χ4v) is 1.34. The molecule has 1 rings (SSSR count). The van der Waals surface area contributed by atoms with Crippen LogP contribution in [-0.2, 0) is 4.18 Å². The van der Waals surface area contributed by atoms with Crippen molar-refractivity contribution in [1.82, 2.24) is 14.4 Å². The Balaban J connectivity index is 0.00000324. The number of hydrogen-bond acceptors (Lipinski definition) is 6. The number of aromatic nitrogens is 2. The minimum atomic E-state index is -4.22. The summed E-state index contributed by atoms with van der Waals surface area (Å²) in [5.41, 5.74) is 2.68. The van der Waals surface area contributed by atoms with Crippen molar-refractivity contribution >= 4 is 43.3 Å². The molecule has 0 spiro atoms. The van der Waals surface area contributed by atoms with E-state index in [9.17, 15) is 13.2 Å². The van der Waals surface area contributed by atoms with Gasteiger partial charge < -0.3 is 0 Å². The standard InChI is InChI=1S/C8H10ClF3N4OS.H2S/c1-16(18-17-3-2-8(10,11)12)15-7-13-4-6(9)5-14-7;/h4-5H,2-3H2,1H3,(H,13,14,15);1H2. The molecule has 0 unspecified atom stereocenters. The molecule has 1 aromatic heterocycles. The second-order valence-corrected chi connectivity index (χ2v) is 4.46. The number of hydrogen-bond donors (Lipinski definition) is 1. The maximum atomic E-state index is 11.8. The van der Waals surface area contributed by atoms with E-state index in [0.29, 0.717) is 5.02 Å². The fourth-order valence-electron chi connectivity index (χ4n) is 0.803. The first-order chi connectivity index (χ1) is 8.37. The van der Waals surface area contributed by atoms with Gasteiger partial charge in [0.05, 0.1) is 30.4 Å². The predicted octanol–water partition coefficient (Wildman–Crippen LogP) is 3.03. The number of hydrazine groups is 1. The minimum absolute atomic E-state index is 0. The summed E-state index contributed by atoms with van der Waals surface area (Å²) in [5.74, 6) is 0.258. The average molecular weight is 337 g/mol. The molecule has 5 nitrogen and oxygen atoms in total. The zero-order valence-corrected chi connectivity index (χ0v) is 12.3. The lowest BCUT2D eigenvalue weighted by Gasteiger charge is -2.15. The summed E-state index contributed by atoms with van der Waals surface area (Å²) in [6.45, 7) is -0.429. The monoisotopic (exact) mass is 336 g/mol. The van der Waals surface area contributed by atoms with Crippen LogP contribution in [0.5, 0.6) is 0 Å². The topological polar surface area (TPSA) is 50.3 Å². The van der Waals surface area contributed by atoms with E-state index in [-0.39, 0.29) is 19.4 Å². The van der Waals surface area contributed by atoms with Gasteiger partial charge in [-0.15, -0.1) is 4.41 Å². The molecule has 0 fully saturated rings. The molecule has 1 heterocycles. The highest BCUT2D eigenvalue weighted by atomic mass is 35.5. The summed E-state index contributed by atoms with van der Waals surface area (Å²) in [7, 11) is 1.55. The predicted molar refractivity (Wildman–Crippen MR) is 73.0 cm³/mol. The Morgan fingerprint density at radius 2 is 2.00 bits per heavy atom. The van der Waals surface area contributed by atoms with Crippen LogP contribution in [0.15, 0.2) is 12.4 Å². The molecule has 0 bridgehead atoms. The highest BCUT2D eigenvalue weighted by Gasteiger charge is 2.26.